The van der Waals surface area contributed by atoms with Gasteiger partial charge in [0.1, 0.15) is 0 Å². The van der Waals surface area contributed by atoms with Gasteiger partial charge in [0, 0.05) is 13.2 Å². The molecule has 0 saturated heterocycles. The minimum Gasteiger partial charge on any atom is -0.379 e. The van der Waals surface area contributed by atoms with Crippen molar-refractivity contribution in [1.82, 2.24) is 5.32 Å². The molecule has 1 rings (SSSR count). The summed E-state index contributed by atoms with van der Waals surface area (Å²) in [6, 6.07) is 2.17. The van der Waals surface area contributed by atoms with Crippen LogP contribution in [0.2, 0.25) is 0 Å². The van der Waals surface area contributed by atoms with E-state index in [1.807, 2.05) is 0 Å². The third-order valence-corrected chi connectivity index (χ3v) is 2.84. The van der Waals surface area contributed by atoms with Crippen LogP contribution in [0.25, 0.3) is 0 Å². The highest BCUT2D eigenvalue weighted by Gasteiger charge is 1.94. The maximum absolute atomic E-state index is 5.47. The highest BCUT2D eigenvalue weighted by Crippen LogP contribution is 2.04. The quantitative estimate of drug-likeness (QED) is 0.689. The average Bonchev–Trinajstić information content (AvgIpc) is 2.68. The van der Waals surface area contributed by atoms with E-state index in [9.17, 15) is 0 Å². The molecule has 0 saturated carbocycles. The summed E-state index contributed by atoms with van der Waals surface area (Å²) < 4.78 is 5.47. The van der Waals surface area contributed by atoms with Crippen molar-refractivity contribution in [3.8, 4) is 0 Å². The van der Waals surface area contributed by atoms with Gasteiger partial charge in [0.2, 0.25) is 0 Å². The lowest BCUT2D eigenvalue weighted by molar-refractivity contribution is 0.0760. The molecule has 0 atom stereocenters. The van der Waals surface area contributed by atoms with E-state index < -0.39 is 0 Å². The first-order valence-electron chi connectivity index (χ1n) is 5.62. The molecule has 3 heteroatoms. The predicted octanol–water partition coefficient (Wildman–Crippen LogP) is 3.04. The molecular formula is C12H21NOS. The van der Waals surface area contributed by atoms with Gasteiger partial charge >= 0.3 is 0 Å². The summed E-state index contributed by atoms with van der Waals surface area (Å²) >= 11 is 1.75. The molecule has 86 valence electrons. The van der Waals surface area contributed by atoms with E-state index in [0.29, 0.717) is 6.10 Å². The molecular weight excluding hydrogens is 206 g/mol. The lowest BCUT2D eigenvalue weighted by atomic mass is 10.3. The Morgan fingerprint density at radius 3 is 2.93 bits per heavy atom. The summed E-state index contributed by atoms with van der Waals surface area (Å²) in [5.41, 5.74) is 1.39. The summed E-state index contributed by atoms with van der Waals surface area (Å²) in [5.74, 6) is 0. The first-order valence-corrected chi connectivity index (χ1v) is 6.56. The van der Waals surface area contributed by atoms with E-state index in [2.05, 4.69) is 36.0 Å². The molecule has 0 aliphatic carbocycles. The Morgan fingerprint density at radius 2 is 2.27 bits per heavy atom. The highest BCUT2D eigenvalue weighted by molar-refractivity contribution is 7.07. The van der Waals surface area contributed by atoms with Crippen LogP contribution in [-0.2, 0) is 11.3 Å². The van der Waals surface area contributed by atoms with Crippen molar-refractivity contribution in [3.63, 3.8) is 0 Å². The second-order valence-electron chi connectivity index (χ2n) is 3.94. The number of unbranched alkanes of at least 4 members (excludes halogenated alkanes) is 1. The van der Waals surface area contributed by atoms with Gasteiger partial charge in [-0.15, -0.1) is 0 Å². The number of rotatable bonds is 8. The highest BCUT2D eigenvalue weighted by atomic mass is 32.1. The van der Waals surface area contributed by atoms with Gasteiger partial charge in [-0.25, -0.2) is 0 Å². The minimum absolute atomic E-state index is 0.365. The standard InChI is InChI=1S/C12H21NOS/c1-11(2)14-7-4-3-6-13-9-12-5-8-15-10-12/h5,8,10-11,13H,3-4,6-7,9H2,1-2H3. The third kappa shape index (κ3) is 6.66. The van der Waals surface area contributed by atoms with E-state index >= 15 is 0 Å². The van der Waals surface area contributed by atoms with E-state index in [1.165, 1.54) is 12.0 Å². The second kappa shape index (κ2) is 7.85. The van der Waals surface area contributed by atoms with E-state index in [4.69, 9.17) is 4.74 Å². The first-order chi connectivity index (χ1) is 7.29. The molecule has 15 heavy (non-hydrogen) atoms. The van der Waals surface area contributed by atoms with Gasteiger partial charge in [-0.3, -0.25) is 0 Å². The molecule has 0 bridgehead atoms. The van der Waals surface area contributed by atoms with Crippen LogP contribution in [0.4, 0.5) is 0 Å². The topological polar surface area (TPSA) is 21.3 Å². The van der Waals surface area contributed by atoms with Crippen molar-refractivity contribution in [3.05, 3.63) is 22.4 Å². The lowest BCUT2D eigenvalue weighted by Crippen LogP contribution is -2.15. The summed E-state index contributed by atoms with van der Waals surface area (Å²) in [5, 5.41) is 7.73. The number of nitrogens with one attached hydrogen (secondary N) is 1. The van der Waals surface area contributed by atoms with Crippen LogP contribution in [0.1, 0.15) is 32.3 Å². The van der Waals surface area contributed by atoms with Crippen LogP contribution in [0.15, 0.2) is 16.8 Å². The molecule has 0 amide bonds. The van der Waals surface area contributed by atoms with E-state index in [-0.39, 0.29) is 0 Å². The number of hydrogen-bond acceptors (Lipinski definition) is 3. The zero-order chi connectivity index (χ0) is 10.9. The summed E-state index contributed by atoms with van der Waals surface area (Å²) in [7, 11) is 0. The molecule has 1 aromatic heterocycles. The predicted molar refractivity (Wildman–Crippen MR) is 66.3 cm³/mol. The molecule has 2 nitrogen and oxygen atoms in total. The number of hydrogen-bond donors (Lipinski definition) is 1. The van der Waals surface area contributed by atoms with Gasteiger partial charge in [-0.2, -0.15) is 11.3 Å². The molecule has 0 radical (unpaired) electrons. The molecule has 1 N–H and O–H groups in total. The van der Waals surface area contributed by atoms with Gasteiger partial charge in [0.25, 0.3) is 0 Å². The Balaban J connectivity index is 1.85. The SMILES string of the molecule is CC(C)OCCCCNCc1ccsc1. The van der Waals surface area contributed by atoms with Gasteiger partial charge in [-0.1, -0.05) is 0 Å². The van der Waals surface area contributed by atoms with Gasteiger partial charge in [-0.05, 0) is 55.6 Å². The van der Waals surface area contributed by atoms with Crippen LogP contribution >= 0.6 is 11.3 Å². The fraction of sp³-hybridized carbons (Fsp3) is 0.667. The molecule has 1 heterocycles. The number of ether oxygens (including phenoxy) is 1. The normalized spacial score (nSPS) is 11.1. The molecule has 0 fully saturated rings. The number of thiophene rings is 1. The second-order valence-corrected chi connectivity index (χ2v) is 4.72. The molecule has 0 aliphatic heterocycles. The minimum atomic E-state index is 0.365. The summed E-state index contributed by atoms with van der Waals surface area (Å²) in [6.45, 7) is 7.12. The van der Waals surface area contributed by atoms with Crippen molar-refractivity contribution >= 4 is 11.3 Å². The van der Waals surface area contributed by atoms with E-state index in [1.54, 1.807) is 11.3 Å². The Labute approximate surface area is 96.7 Å². The van der Waals surface area contributed by atoms with Crippen LogP contribution in [0, 0.1) is 0 Å². The monoisotopic (exact) mass is 227 g/mol. The Hall–Kier alpha value is -0.380. The van der Waals surface area contributed by atoms with Gasteiger partial charge < -0.3 is 10.1 Å². The molecule has 1 aromatic rings. The summed E-state index contributed by atoms with van der Waals surface area (Å²) in [4.78, 5) is 0. The fourth-order valence-electron chi connectivity index (χ4n) is 1.30. The lowest BCUT2D eigenvalue weighted by Gasteiger charge is -2.07. The maximum Gasteiger partial charge on any atom is 0.0518 e. The third-order valence-electron chi connectivity index (χ3n) is 2.11. The van der Waals surface area contributed by atoms with Gasteiger partial charge in [0.15, 0.2) is 0 Å². The zero-order valence-electron chi connectivity index (χ0n) is 9.66. The maximum atomic E-state index is 5.47. The first kappa shape index (κ1) is 12.7. The fourth-order valence-corrected chi connectivity index (χ4v) is 1.97. The van der Waals surface area contributed by atoms with Crippen LogP contribution in [0.5, 0.6) is 0 Å². The van der Waals surface area contributed by atoms with Crippen molar-refractivity contribution < 1.29 is 4.74 Å². The van der Waals surface area contributed by atoms with Crippen molar-refractivity contribution in [1.29, 1.82) is 0 Å². The molecule has 0 unspecified atom stereocenters. The van der Waals surface area contributed by atoms with Crippen LogP contribution in [0.3, 0.4) is 0 Å². The van der Waals surface area contributed by atoms with Crippen molar-refractivity contribution in [2.75, 3.05) is 13.2 Å². The largest absolute Gasteiger partial charge is 0.379 e. The Kier molecular flexibility index (Phi) is 6.64. The van der Waals surface area contributed by atoms with Crippen LogP contribution < -0.4 is 5.32 Å². The summed E-state index contributed by atoms with van der Waals surface area (Å²) in [6.07, 6.45) is 2.70. The zero-order valence-corrected chi connectivity index (χ0v) is 10.5. The van der Waals surface area contributed by atoms with Gasteiger partial charge in [0.05, 0.1) is 6.10 Å². The van der Waals surface area contributed by atoms with Crippen LogP contribution in [-0.4, -0.2) is 19.3 Å². The van der Waals surface area contributed by atoms with Crippen molar-refractivity contribution in [2.45, 2.75) is 39.3 Å². The molecule has 0 aliphatic rings. The van der Waals surface area contributed by atoms with Crippen molar-refractivity contribution in [2.24, 2.45) is 0 Å². The molecule has 0 aromatic carbocycles. The Bertz CT molecular complexity index is 234. The average molecular weight is 227 g/mol. The molecule has 0 spiro atoms. The smallest absolute Gasteiger partial charge is 0.0518 e. The Morgan fingerprint density at radius 1 is 1.40 bits per heavy atom. The van der Waals surface area contributed by atoms with E-state index in [0.717, 1.165) is 26.1 Å².